The molecule has 1 heterocycles. The highest BCUT2D eigenvalue weighted by Gasteiger charge is 2.12. The summed E-state index contributed by atoms with van der Waals surface area (Å²) in [6.07, 6.45) is 2.49. The fraction of sp³-hybridized carbons (Fsp3) is 0.471. The molecule has 0 saturated heterocycles. The van der Waals surface area contributed by atoms with E-state index in [1.807, 2.05) is 6.92 Å². The number of fused-ring (bicyclic) bond motifs is 1. The molecule has 1 amide bonds. The number of benzene rings is 1. The zero-order chi connectivity index (χ0) is 17.7. The molecule has 0 aliphatic heterocycles. The lowest BCUT2D eigenvalue weighted by molar-refractivity contribution is -0.129. The first-order valence-electron chi connectivity index (χ1n) is 7.87. The van der Waals surface area contributed by atoms with E-state index in [1.54, 1.807) is 24.1 Å². The standard InChI is InChI=1S/C17H23N3O4/c1-5-19(2)16(21)7-6-8-20-11-18-13-10-15(24-4)14(23-3)9-12(13)17(20)22/h9-11H,5-8H2,1-4H3. The average Bonchev–Trinajstić information content (AvgIpc) is 2.61. The minimum Gasteiger partial charge on any atom is -0.493 e. The van der Waals surface area contributed by atoms with Crippen LogP contribution in [0.25, 0.3) is 10.9 Å². The molecular formula is C17H23N3O4. The summed E-state index contributed by atoms with van der Waals surface area (Å²) in [6, 6.07) is 3.32. The van der Waals surface area contributed by atoms with Gasteiger partial charge in [-0.3, -0.25) is 14.2 Å². The third kappa shape index (κ3) is 3.67. The summed E-state index contributed by atoms with van der Waals surface area (Å²) >= 11 is 0. The third-order valence-electron chi connectivity index (χ3n) is 4.02. The van der Waals surface area contributed by atoms with Gasteiger partial charge >= 0.3 is 0 Å². The molecule has 0 bridgehead atoms. The Bertz CT molecular complexity index is 785. The van der Waals surface area contributed by atoms with Gasteiger partial charge in [0.15, 0.2) is 11.5 Å². The molecule has 2 aromatic rings. The number of carbonyl (C=O) groups excluding carboxylic acids is 1. The van der Waals surface area contributed by atoms with Crippen LogP contribution in [0.1, 0.15) is 19.8 Å². The Morgan fingerprint density at radius 2 is 1.92 bits per heavy atom. The Hall–Kier alpha value is -2.57. The Kier molecular flexibility index (Phi) is 5.78. The predicted octanol–water partition coefficient (Wildman–Crippen LogP) is 1.67. The van der Waals surface area contributed by atoms with Crippen LogP contribution in [0.2, 0.25) is 0 Å². The number of nitrogens with zero attached hydrogens (tertiary/aromatic N) is 3. The largest absolute Gasteiger partial charge is 0.493 e. The van der Waals surface area contributed by atoms with E-state index in [4.69, 9.17) is 9.47 Å². The lowest BCUT2D eigenvalue weighted by atomic mass is 10.2. The van der Waals surface area contributed by atoms with E-state index in [0.717, 1.165) is 0 Å². The minimum absolute atomic E-state index is 0.0747. The summed E-state index contributed by atoms with van der Waals surface area (Å²) in [5.41, 5.74) is 0.396. The van der Waals surface area contributed by atoms with Gasteiger partial charge in [-0.15, -0.1) is 0 Å². The molecule has 24 heavy (non-hydrogen) atoms. The smallest absolute Gasteiger partial charge is 0.261 e. The number of hydrogen-bond acceptors (Lipinski definition) is 5. The van der Waals surface area contributed by atoms with Crippen LogP contribution >= 0.6 is 0 Å². The molecule has 0 atom stereocenters. The van der Waals surface area contributed by atoms with Gasteiger partial charge in [-0.2, -0.15) is 0 Å². The van der Waals surface area contributed by atoms with Gasteiger partial charge < -0.3 is 14.4 Å². The van der Waals surface area contributed by atoms with Gasteiger partial charge in [-0.25, -0.2) is 4.98 Å². The van der Waals surface area contributed by atoms with Crippen molar-refractivity contribution in [1.29, 1.82) is 0 Å². The van der Waals surface area contributed by atoms with Gasteiger partial charge in [0.2, 0.25) is 5.91 Å². The van der Waals surface area contributed by atoms with Crippen molar-refractivity contribution in [2.24, 2.45) is 0 Å². The zero-order valence-electron chi connectivity index (χ0n) is 14.5. The van der Waals surface area contributed by atoms with Gasteiger partial charge in [0.25, 0.3) is 5.56 Å². The van der Waals surface area contributed by atoms with Crippen molar-refractivity contribution in [2.75, 3.05) is 27.8 Å². The summed E-state index contributed by atoms with van der Waals surface area (Å²) in [5, 5.41) is 0.465. The van der Waals surface area contributed by atoms with Crippen molar-refractivity contribution in [3.05, 3.63) is 28.8 Å². The highest BCUT2D eigenvalue weighted by atomic mass is 16.5. The van der Waals surface area contributed by atoms with Crippen molar-refractivity contribution in [2.45, 2.75) is 26.3 Å². The summed E-state index contributed by atoms with van der Waals surface area (Å²) < 4.78 is 12.0. The van der Waals surface area contributed by atoms with Gasteiger partial charge in [0.05, 0.1) is 31.4 Å². The average molecular weight is 333 g/mol. The van der Waals surface area contributed by atoms with Crippen molar-refractivity contribution in [3.8, 4) is 11.5 Å². The number of hydrogen-bond donors (Lipinski definition) is 0. The van der Waals surface area contributed by atoms with Crippen LogP contribution in [0.3, 0.4) is 0 Å². The van der Waals surface area contributed by atoms with E-state index in [1.165, 1.54) is 25.1 Å². The second kappa shape index (κ2) is 7.81. The van der Waals surface area contributed by atoms with Gasteiger partial charge in [0.1, 0.15) is 0 Å². The summed E-state index contributed by atoms with van der Waals surface area (Å²) in [4.78, 5) is 30.4. The highest BCUT2D eigenvalue weighted by Crippen LogP contribution is 2.29. The first-order chi connectivity index (χ1) is 11.5. The molecular weight excluding hydrogens is 310 g/mol. The van der Waals surface area contributed by atoms with E-state index < -0.39 is 0 Å². The van der Waals surface area contributed by atoms with Crippen molar-refractivity contribution >= 4 is 16.8 Å². The molecule has 1 aromatic carbocycles. The summed E-state index contributed by atoms with van der Waals surface area (Å²) in [7, 11) is 4.83. The number of aryl methyl sites for hydroxylation is 1. The van der Waals surface area contributed by atoms with Gasteiger partial charge in [-0.05, 0) is 19.4 Å². The molecule has 0 N–H and O–H groups in total. The first kappa shape index (κ1) is 17.8. The van der Waals surface area contributed by atoms with Crippen LogP contribution < -0.4 is 15.0 Å². The van der Waals surface area contributed by atoms with Crippen LogP contribution in [0, 0.1) is 0 Å². The van der Waals surface area contributed by atoms with Gasteiger partial charge in [-0.1, -0.05) is 0 Å². The van der Waals surface area contributed by atoms with E-state index >= 15 is 0 Å². The fourth-order valence-electron chi connectivity index (χ4n) is 2.41. The molecule has 0 radical (unpaired) electrons. The molecule has 0 unspecified atom stereocenters. The fourth-order valence-corrected chi connectivity index (χ4v) is 2.41. The van der Waals surface area contributed by atoms with E-state index in [-0.39, 0.29) is 11.5 Å². The van der Waals surface area contributed by atoms with Crippen LogP contribution in [-0.2, 0) is 11.3 Å². The van der Waals surface area contributed by atoms with Crippen molar-refractivity contribution in [1.82, 2.24) is 14.5 Å². The molecule has 0 fully saturated rings. The quantitative estimate of drug-likeness (QED) is 0.770. The first-order valence-corrected chi connectivity index (χ1v) is 7.87. The Labute approximate surface area is 140 Å². The van der Waals surface area contributed by atoms with Crippen LogP contribution in [0.5, 0.6) is 11.5 Å². The number of methoxy groups -OCH3 is 2. The molecule has 0 spiro atoms. The van der Waals surface area contributed by atoms with Crippen LogP contribution in [0.15, 0.2) is 23.3 Å². The summed E-state index contributed by atoms with van der Waals surface area (Å²) in [6.45, 7) is 3.05. The molecule has 7 heteroatoms. The second-order valence-electron chi connectivity index (χ2n) is 5.48. The number of amides is 1. The lowest BCUT2D eigenvalue weighted by Crippen LogP contribution is -2.27. The van der Waals surface area contributed by atoms with Crippen LogP contribution in [0.4, 0.5) is 0 Å². The Morgan fingerprint density at radius 3 is 2.54 bits per heavy atom. The molecule has 130 valence electrons. The number of aromatic nitrogens is 2. The van der Waals surface area contributed by atoms with E-state index in [0.29, 0.717) is 48.3 Å². The normalized spacial score (nSPS) is 10.7. The number of rotatable bonds is 7. The summed E-state index contributed by atoms with van der Waals surface area (Å²) in [5.74, 6) is 1.09. The third-order valence-corrected chi connectivity index (χ3v) is 4.02. The molecule has 2 rings (SSSR count). The highest BCUT2D eigenvalue weighted by molar-refractivity contribution is 5.81. The predicted molar refractivity (Wildman–Crippen MR) is 91.7 cm³/mol. The molecule has 0 saturated carbocycles. The van der Waals surface area contributed by atoms with E-state index in [9.17, 15) is 9.59 Å². The van der Waals surface area contributed by atoms with Gasteiger partial charge in [0, 0.05) is 32.6 Å². The SMILES string of the molecule is CCN(C)C(=O)CCCn1cnc2cc(OC)c(OC)cc2c1=O. The molecule has 0 aliphatic rings. The molecule has 0 aliphatic carbocycles. The van der Waals surface area contributed by atoms with Crippen molar-refractivity contribution < 1.29 is 14.3 Å². The monoisotopic (exact) mass is 333 g/mol. The Morgan fingerprint density at radius 1 is 1.25 bits per heavy atom. The topological polar surface area (TPSA) is 73.7 Å². The van der Waals surface area contributed by atoms with Crippen molar-refractivity contribution in [3.63, 3.8) is 0 Å². The maximum Gasteiger partial charge on any atom is 0.261 e. The van der Waals surface area contributed by atoms with Crippen LogP contribution in [-0.4, -0.2) is 48.2 Å². The lowest BCUT2D eigenvalue weighted by Gasteiger charge is -2.14. The number of ether oxygens (including phenoxy) is 2. The maximum atomic E-state index is 12.6. The molecule has 1 aromatic heterocycles. The zero-order valence-corrected chi connectivity index (χ0v) is 14.5. The number of carbonyl (C=O) groups is 1. The minimum atomic E-state index is -0.155. The molecule has 7 nitrogen and oxygen atoms in total. The second-order valence-corrected chi connectivity index (χ2v) is 5.48. The Balaban J connectivity index is 2.22. The maximum absolute atomic E-state index is 12.6. The van der Waals surface area contributed by atoms with E-state index in [2.05, 4.69) is 4.98 Å².